The van der Waals surface area contributed by atoms with Gasteiger partial charge < -0.3 is 5.48 Å². The minimum Gasteiger partial charge on any atom is -0.412 e. The van der Waals surface area contributed by atoms with Gasteiger partial charge in [-0.05, 0) is 18.9 Å². The first-order valence-corrected chi connectivity index (χ1v) is 4.88. The van der Waals surface area contributed by atoms with Crippen LogP contribution in [-0.4, -0.2) is 5.48 Å². The summed E-state index contributed by atoms with van der Waals surface area (Å²) < 4.78 is 0. The maximum absolute atomic E-state index is 2.21. The molecule has 1 aromatic carbocycles. The molecule has 0 aliphatic carbocycles. The largest absolute Gasteiger partial charge is 0.412 e. The third kappa shape index (κ3) is 6.35. The Bertz CT molecular complexity index is 189. The van der Waals surface area contributed by atoms with Gasteiger partial charge in [0, 0.05) is 0 Å². The zero-order valence-electron chi connectivity index (χ0n) is 9.22. The number of rotatable bonds is 2. The molecule has 0 saturated carbocycles. The monoisotopic (exact) mass is 182 g/mol. The summed E-state index contributed by atoms with van der Waals surface area (Å²) in [4.78, 5) is 0. The molecule has 0 heterocycles. The van der Waals surface area contributed by atoms with E-state index in [4.69, 9.17) is 0 Å². The fraction of sp³-hybridized carbons (Fsp3) is 0.500. The molecule has 0 aliphatic heterocycles. The average Bonchev–Trinajstić information content (AvgIpc) is 2.13. The molecule has 0 aliphatic rings. The maximum Gasteiger partial charge on any atom is -0.0281 e. The van der Waals surface area contributed by atoms with E-state index in [-0.39, 0.29) is 5.48 Å². The summed E-state index contributed by atoms with van der Waals surface area (Å²) in [5, 5.41) is 0. The van der Waals surface area contributed by atoms with Crippen LogP contribution in [0.4, 0.5) is 0 Å². The lowest BCUT2D eigenvalue weighted by molar-refractivity contribution is 0.824. The molecule has 0 unspecified atom stereocenters. The first kappa shape index (κ1) is 14.7. The summed E-state index contributed by atoms with van der Waals surface area (Å²) in [5.74, 6) is 0. The molecule has 13 heavy (non-hydrogen) atoms. The molecule has 1 heteroatoms. The molecule has 0 amide bonds. The molecular weight excluding hydrogens is 160 g/mol. The highest BCUT2D eigenvalue weighted by molar-refractivity contribution is 5.21. The van der Waals surface area contributed by atoms with Crippen LogP contribution < -0.4 is 0 Å². The van der Waals surface area contributed by atoms with Crippen molar-refractivity contribution in [3.05, 3.63) is 35.4 Å². The summed E-state index contributed by atoms with van der Waals surface area (Å²) in [7, 11) is 0. The molecule has 1 aromatic rings. The number of hydrogen-bond acceptors (Lipinski definition) is 0. The Balaban J connectivity index is 0. The van der Waals surface area contributed by atoms with E-state index in [1.54, 1.807) is 0 Å². The lowest BCUT2D eigenvalue weighted by Gasteiger charge is -1.97. The van der Waals surface area contributed by atoms with E-state index in [9.17, 15) is 0 Å². The summed E-state index contributed by atoms with van der Waals surface area (Å²) in [5.41, 5.74) is 2.80. The summed E-state index contributed by atoms with van der Waals surface area (Å²) in [6.45, 7) is 8.33. The molecule has 0 fully saturated rings. The molecule has 0 radical (unpaired) electrons. The minimum atomic E-state index is 0. The van der Waals surface area contributed by atoms with Crippen molar-refractivity contribution in [1.82, 2.24) is 0 Å². The third-order valence-electron chi connectivity index (χ3n) is 1.66. The van der Waals surface area contributed by atoms with Crippen molar-refractivity contribution >= 4 is 0 Å². The second-order valence-corrected chi connectivity index (χ2v) is 2.74. The molecule has 0 spiro atoms. The first-order chi connectivity index (χ1) is 5.83. The second-order valence-electron chi connectivity index (χ2n) is 2.74. The van der Waals surface area contributed by atoms with E-state index >= 15 is 0 Å². The van der Waals surface area contributed by atoms with Crippen LogP contribution in [0.5, 0.6) is 0 Å². The van der Waals surface area contributed by atoms with Crippen LogP contribution in [0.25, 0.3) is 0 Å². The Morgan fingerprint density at radius 2 is 1.46 bits per heavy atom. The van der Waals surface area contributed by atoms with Gasteiger partial charge in [-0.15, -0.1) is 0 Å². The molecule has 1 nitrogen and oxygen atoms in total. The Labute approximate surface area is 82.1 Å². The lowest BCUT2D eigenvalue weighted by Crippen LogP contribution is -1.81. The van der Waals surface area contributed by atoms with Crippen molar-refractivity contribution in [3.8, 4) is 0 Å². The topological polar surface area (TPSA) is 31.5 Å². The predicted octanol–water partition coefficient (Wildman–Crippen LogP) is 3.15. The fourth-order valence-corrected chi connectivity index (χ4v) is 1.04. The molecule has 0 atom stereocenters. The van der Waals surface area contributed by atoms with Crippen molar-refractivity contribution in [3.63, 3.8) is 0 Å². The number of hydrogen-bond donors (Lipinski definition) is 0. The van der Waals surface area contributed by atoms with E-state index in [2.05, 4.69) is 38.1 Å². The second kappa shape index (κ2) is 9.27. The summed E-state index contributed by atoms with van der Waals surface area (Å²) in [6, 6.07) is 8.76. The number of benzene rings is 1. The van der Waals surface area contributed by atoms with Crippen molar-refractivity contribution in [2.75, 3.05) is 0 Å². The van der Waals surface area contributed by atoms with E-state index in [1.807, 2.05) is 13.8 Å². The van der Waals surface area contributed by atoms with Gasteiger partial charge in [0.05, 0.1) is 0 Å². The predicted molar refractivity (Wildman–Crippen MR) is 60.1 cm³/mol. The van der Waals surface area contributed by atoms with E-state index in [0.29, 0.717) is 0 Å². The zero-order chi connectivity index (χ0) is 9.40. The molecular formula is C12H22O. The standard InChI is InChI=1S/C10H14.C2H6.H2O/c1-3-4-10-7-5-9(2)6-8-10;1-2;/h5-8H,3-4H2,1-2H3;1-2H3;1H2. The normalized spacial score (nSPS) is 8.00. The molecule has 2 N–H and O–H groups in total. The smallest absolute Gasteiger partial charge is 0.0281 e. The Morgan fingerprint density at radius 3 is 1.85 bits per heavy atom. The molecule has 0 bridgehead atoms. The SMILES string of the molecule is CC.CCCc1ccc(C)cc1.O. The van der Waals surface area contributed by atoms with Gasteiger partial charge in [0.15, 0.2) is 0 Å². The van der Waals surface area contributed by atoms with Crippen LogP contribution >= 0.6 is 0 Å². The van der Waals surface area contributed by atoms with Gasteiger partial charge in [0.25, 0.3) is 0 Å². The van der Waals surface area contributed by atoms with Gasteiger partial charge in [-0.1, -0.05) is 57.0 Å². The third-order valence-corrected chi connectivity index (χ3v) is 1.66. The van der Waals surface area contributed by atoms with Gasteiger partial charge in [-0.25, -0.2) is 0 Å². The van der Waals surface area contributed by atoms with E-state index in [1.165, 1.54) is 24.0 Å². The van der Waals surface area contributed by atoms with Crippen LogP contribution in [0, 0.1) is 6.92 Å². The van der Waals surface area contributed by atoms with Crippen LogP contribution in [0.2, 0.25) is 0 Å². The zero-order valence-corrected chi connectivity index (χ0v) is 9.22. The van der Waals surface area contributed by atoms with Crippen molar-refractivity contribution in [2.24, 2.45) is 0 Å². The van der Waals surface area contributed by atoms with Crippen LogP contribution in [-0.2, 0) is 6.42 Å². The minimum absolute atomic E-state index is 0. The summed E-state index contributed by atoms with van der Waals surface area (Å²) in [6.07, 6.45) is 2.45. The molecule has 0 aromatic heterocycles. The van der Waals surface area contributed by atoms with Gasteiger partial charge in [-0.2, -0.15) is 0 Å². The lowest BCUT2D eigenvalue weighted by atomic mass is 10.1. The Kier molecular flexibility index (Phi) is 10.5. The highest BCUT2D eigenvalue weighted by atomic mass is 16.0. The highest BCUT2D eigenvalue weighted by Crippen LogP contribution is 2.04. The Hall–Kier alpha value is -0.820. The first-order valence-electron chi connectivity index (χ1n) is 4.88. The molecule has 1 rings (SSSR count). The van der Waals surface area contributed by atoms with Crippen LogP contribution in [0.1, 0.15) is 38.3 Å². The van der Waals surface area contributed by atoms with Gasteiger partial charge >= 0.3 is 0 Å². The van der Waals surface area contributed by atoms with E-state index < -0.39 is 0 Å². The van der Waals surface area contributed by atoms with Crippen molar-refractivity contribution in [1.29, 1.82) is 0 Å². The van der Waals surface area contributed by atoms with E-state index in [0.717, 1.165) is 0 Å². The van der Waals surface area contributed by atoms with Gasteiger partial charge in [-0.3, -0.25) is 0 Å². The van der Waals surface area contributed by atoms with Gasteiger partial charge in [0.1, 0.15) is 0 Å². The van der Waals surface area contributed by atoms with Crippen LogP contribution in [0.15, 0.2) is 24.3 Å². The Morgan fingerprint density at radius 1 is 1.00 bits per heavy atom. The molecule has 0 saturated heterocycles. The van der Waals surface area contributed by atoms with Crippen LogP contribution in [0.3, 0.4) is 0 Å². The van der Waals surface area contributed by atoms with Gasteiger partial charge in [0.2, 0.25) is 0 Å². The fourth-order valence-electron chi connectivity index (χ4n) is 1.04. The maximum atomic E-state index is 2.21. The average molecular weight is 182 g/mol. The summed E-state index contributed by atoms with van der Waals surface area (Å²) >= 11 is 0. The van der Waals surface area contributed by atoms with Crippen molar-refractivity contribution in [2.45, 2.75) is 40.5 Å². The molecule has 76 valence electrons. The quantitative estimate of drug-likeness (QED) is 0.673. The highest BCUT2D eigenvalue weighted by Gasteiger charge is 1.87. The number of aryl methyl sites for hydroxylation is 2. The van der Waals surface area contributed by atoms with Crippen molar-refractivity contribution < 1.29 is 5.48 Å².